The smallest absolute Gasteiger partial charge is 0.139 e. The summed E-state index contributed by atoms with van der Waals surface area (Å²) in [6.45, 7) is 7.17. The number of hydrogen-bond donors (Lipinski definition) is 1. The molecular formula is C9H18FNO. The number of alkyl halides is 1. The molecule has 0 aromatic heterocycles. The summed E-state index contributed by atoms with van der Waals surface area (Å²) in [7, 11) is 0. The van der Waals surface area contributed by atoms with Crippen molar-refractivity contribution in [1.82, 2.24) is 5.32 Å². The molecule has 0 aromatic carbocycles. The molecule has 0 aliphatic carbocycles. The van der Waals surface area contributed by atoms with Gasteiger partial charge in [0.2, 0.25) is 0 Å². The van der Waals surface area contributed by atoms with Crippen LogP contribution >= 0.6 is 0 Å². The van der Waals surface area contributed by atoms with Crippen LogP contribution < -0.4 is 5.32 Å². The molecule has 0 spiro atoms. The van der Waals surface area contributed by atoms with Gasteiger partial charge in [-0.2, -0.15) is 0 Å². The first-order valence-electron chi connectivity index (χ1n) is 4.51. The number of halogens is 1. The van der Waals surface area contributed by atoms with Crippen molar-refractivity contribution in [3.8, 4) is 0 Å². The first-order chi connectivity index (χ1) is 5.49. The molecule has 0 bridgehead atoms. The topological polar surface area (TPSA) is 21.3 Å². The standard InChI is InChI=1S/C9H18FNO/c1-9(2,3)12-8-4-5-11-6-7(8)10/h7-8,11H,4-6H2,1-3H3/t7-,8-/m0/s1. The zero-order valence-electron chi connectivity index (χ0n) is 8.06. The maximum absolute atomic E-state index is 13.2. The Kier molecular flexibility index (Phi) is 3.07. The molecule has 1 aliphatic heterocycles. The summed E-state index contributed by atoms with van der Waals surface area (Å²) in [6, 6.07) is 0. The fourth-order valence-electron chi connectivity index (χ4n) is 1.38. The van der Waals surface area contributed by atoms with Gasteiger partial charge in [-0.1, -0.05) is 0 Å². The van der Waals surface area contributed by atoms with Crippen molar-refractivity contribution < 1.29 is 9.13 Å². The van der Waals surface area contributed by atoms with Gasteiger partial charge in [-0.15, -0.1) is 0 Å². The van der Waals surface area contributed by atoms with Gasteiger partial charge >= 0.3 is 0 Å². The molecule has 72 valence electrons. The zero-order chi connectivity index (χ0) is 9.19. The Balaban J connectivity index is 2.39. The van der Waals surface area contributed by atoms with Crippen LogP contribution in [0.4, 0.5) is 4.39 Å². The van der Waals surface area contributed by atoms with Gasteiger partial charge in [-0.3, -0.25) is 0 Å². The van der Waals surface area contributed by atoms with E-state index in [0.717, 1.165) is 13.0 Å². The highest BCUT2D eigenvalue weighted by atomic mass is 19.1. The Morgan fingerprint density at radius 1 is 1.42 bits per heavy atom. The summed E-state index contributed by atoms with van der Waals surface area (Å²) in [5.41, 5.74) is -0.230. The van der Waals surface area contributed by atoms with Gasteiger partial charge in [0.25, 0.3) is 0 Å². The summed E-state index contributed by atoms with van der Waals surface area (Å²) in [4.78, 5) is 0. The number of hydrogen-bond acceptors (Lipinski definition) is 2. The highest BCUT2D eigenvalue weighted by molar-refractivity contribution is 4.80. The van der Waals surface area contributed by atoms with E-state index < -0.39 is 6.17 Å². The van der Waals surface area contributed by atoms with Crippen LogP contribution in [-0.4, -0.2) is 31.0 Å². The second-order valence-corrected chi connectivity index (χ2v) is 4.28. The Morgan fingerprint density at radius 3 is 2.58 bits per heavy atom. The molecule has 1 heterocycles. The third kappa shape index (κ3) is 3.07. The van der Waals surface area contributed by atoms with E-state index in [4.69, 9.17) is 4.74 Å². The Morgan fingerprint density at radius 2 is 2.08 bits per heavy atom. The molecular weight excluding hydrogens is 157 g/mol. The molecule has 0 amide bonds. The summed E-state index contributed by atoms with van der Waals surface area (Å²) >= 11 is 0. The molecule has 1 aliphatic rings. The van der Waals surface area contributed by atoms with Gasteiger partial charge in [0.15, 0.2) is 0 Å². The molecule has 2 atom stereocenters. The minimum Gasteiger partial charge on any atom is -0.370 e. The van der Waals surface area contributed by atoms with Crippen molar-refractivity contribution in [2.75, 3.05) is 13.1 Å². The van der Waals surface area contributed by atoms with Crippen molar-refractivity contribution in [2.24, 2.45) is 0 Å². The van der Waals surface area contributed by atoms with Gasteiger partial charge in [0.1, 0.15) is 6.17 Å². The zero-order valence-corrected chi connectivity index (χ0v) is 8.06. The highest BCUT2D eigenvalue weighted by Gasteiger charge is 2.28. The quantitative estimate of drug-likeness (QED) is 0.652. The van der Waals surface area contributed by atoms with Crippen LogP contribution in [0, 0.1) is 0 Å². The molecule has 12 heavy (non-hydrogen) atoms. The summed E-state index contributed by atoms with van der Waals surface area (Å²) in [5.74, 6) is 0. The summed E-state index contributed by atoms with van der Waals surface area (Å²) in [6.07, 6.45) is -0.289. The fourth-order valence-corrected chi connectivity index (χ4v) is 1.38. The minimum atomic E-state index is -0.849. The summed E-state index contributed by atoms with van der Waals surface area (Å²) in [5, 5.41) is 3.00. The molecule has 0 radical (unpaired) electrons. The second kappa shape index (κ2) is 3.71. The highest BCUT2D eigenvalue weighted by Crippen LogP contribution is 2.19. The van der Waals surface area contributed by atoms with E-state index in [1.54, 1.807) is 0 Å². The SMILES string of the molecule is CC(C)(C)O[C@H]1CCNC[C@@H]1F. The monoisotopic (exact) mass is 175 g/mol. The lowest BCUT2D eigenvalue weighted by atomic mass is 10.1. The maximum Gasteiger partial charge on any atom is 0.139 e. The van der Waals surface area contributed by atoms with E-state index in [1.165, 1.54) is 0 Å². The molecule has 3 heteroatoms. The number of piperidine rings is 1. The van der Waals surface area contributed by atoms with Crippen LogP contribution in [-0.2, 0) is 4.74 Å². The van der Waals surface area contributed by atoms with Crippen molar-refractivity contribution in [1.29, 1.82) is 0 Å². The third-order valence-corrected chi connectivity index (χ3v) is 1.85. The van der Waals surface area contributed by atoms with Crippen LogP contribution in [0.25, 0.3) is 0 Å². The second-order valence-electron chi connectivity index (χ2n) is 4.28. The number of nitrogens with one attached hydrogen (secondary N) is 1. The Bertz CT molecular complexity index is 144. The maximum atomic E-state index is 13.2. The van der Waals surface area contributed by atoms with Gasteiger partial charge in [-0.25, -0.2) is 4.39 Å². The molecule has 1 rings (SSSR count). The minimum absolute atomic E-state index is 0.216. The molecule has 1 saturated heterocycles. The van der Waals surface area contributed by atoms with Gasteiger partial charge < -0.3 is 10.1 Å². The Hall–Kier alpha value is -0.150. The summed E-state index contributed by atoms with van der Waals surface area (Å²) < 4.78 is 18.8. The van der Waals surface area contributed by atoms with E-state index >= 15 is 0 Å². The van der Waals surface area contributed by atoms with Gasteiger partial charge in [-0.05, 0) is 33.7 Å². The normalized spacial score (nSPS) is 32.0. The van der Waals surface area contributed by atoms with E-state index in [1.807, 2.05) is 20.8 Å². The van der Waals surface area contributed by atoms with Crippen LogP contribution in [0.1, 0.15) is 27.2 Å². The van der Waals surface area contributed by atoms with E-state index in [9.17, 15) is 4.39 Å². The van der Waals surface area contributed by atoms with E-state index in [0.29, 0.717) is 6.54 Å². The van der Waals surface area contributed by atoms with Crippen LogP contribution in [0.5, 0.6) is 0 Å². The predicted molar refractivity (Wildman–Crippen MR) is 47.0 cm³/mol. The lowest BCUT2D eigenvalue weighted by Crippen LogP contribution is -2.45. The van der Waals surface area contributed by atoms with Crippen molar-refractivity contribution in [2.45, 2.75) is 45.1 Å². The molecule has 1 fully saturated rings. The van der Waals surface area contributed by atoms with E-state index in [-0.39, 0.29) is 11.7 Å². The molecule has 1 N–H and O–H groups in total. The molecule has 2 nitrogen and oxygen atoms in total. The predicted octanol–water partition coefficient (Wildman–Crippen LogP) is 1.50. The number of ether oxygens (including phenoxy) is 1. The van der Waals surface area contributed by atoms with Gasteiger partial charge in [0.05, 0.1) is 11.7 Å². The molecule has 0 unspecified atom stereocenters. The molecule has 0 saturated carbocycles. The van der Waals surface area contributed by atoms with Crippen molar-refractivity contribution in [3.05, 3.63) is 0 Å². The largest absolute Gasteiger partial charge is 0.370 e. The average molecular weight is 175 g/mol. The molecule has 0 aromatic rings. The third-order valence-electron chi connectivity index (χ3n) is 1.85. The van der Waals surface area contributed by atoms with Gasteiger partial charge in [0, 0.05) is 6.54 Å². The first kappa shape index (κ1) is 9.93. The van der Waals surface area contributed by atoms with Crippen LogP contribution in [0.3, 0.4) is 0 Å². The average Bonchev–Trinajstić information content (AvgIpc) is 1.91. The van der Waals surface area contributed by atoms with Crippen molar-refractivity contribution >= 4 is 0 Å². The van der Waals surface area contributed by atoms with Crippen LogP contribution in [0.15, 0.2) is 0 Å². The number of rotatable bonds is 1. The van der Waals surface area contributed by atoms with Crippen molar-refractivity contribution in [3.63, 3.8) is 0 Å². The Labute approximate surface area is 73.5 Å². The van der Waals surface area contributed by atoms with E-state index in [2.05, 4.69) is 5.32 Å². The first-order valence-corrected chi connectivity index (χ1v) is 4.51. The lowest BCUT2D eigenvalue weighted by Gasteiger charge is -2.32. The lowest BCUT2D eigenvalue weighted by molar-refractivity contribution is -0.100. The van der Waals surface area contributed by atoms with Crippen LogP contribution in [0.2, 0.25) is 0 Å². The fraction of sp³-hybridized carbons (Fsp3) is 1.00.